The molecule has 30 heavy (non-hydrogen) atoms. The summed E-state index contributed by atoms with van der Waals surface area (Å²) < 4.78 is 5.29. The first-order valence-corrected chi connectivity index (χ1v) is 10.6. The molecule has 4 rings (SSSR count). The fourth-order valence-electron chi connectivity index (χ4n) is 3.63. The van der Waals surface area contributed by atoms with Crippen LogP contribution in [0.4, 0.5) is 5.82 Å². The highest BCUT2D eigenvalue weighted by Gasteiger charge is 2.14. The van der Waals surface area contributed by atoms with Gasteiger partial charge in [0, 0.05) is 36.8 Å². The quantitative estimate of drug-likeness (QED) is 0.361. The molecule has 1 aliphatic heterocycles. The number of rotatable bonds is 7. The van der Waals surface area contributed by atoms with E-state index in [4.69, 9.17) is 9.72 Å². The molecule has 0 amide bonds. The van der Waals surface area contributed by atoms with Crippen molar-refractivity contribution in [3.8, 4) is 11.3 Å². The van der Waals surface area contributed by atoms with E-state index >= 15 is 0 Å². The van der Waals surface area contributed by atoms with Crippen LogP contribution in [0.3, 0.4) is 0 Å². The van der Waals surface area contributed by atoms with Crippen LogP contribution in [0.15, 0.2) is 48.7 Å². The van der Waals surface area contributed by atoms with Crippen molar-refractivity contribution in [3.63, 3.8) is 0 Å². The zero-order valence-electron chi connectivity index (χ0n) is 17.6. The fraction of sp³-hybridized carbons (Fsp3) is 0.375. The molecule has 1 aliphatic rings. The smallest absolute Gasteiger partial charge is 0.339 e. The molecular weight excluding hydrogens is 376 g/mol. The van der Waals surface area contributed by atoms with Gasteiger partial charge in [-0.25, -0.2) is 14.8 Å². The highest BCUT2D eigenvalue weighted by atomic mass is 16.5. The number of nitrogens with one attached hydrogen (secondary N) is 1. The van der Waals surface area contributed by atoms with E-state index in [1.807, 2.05) is 30.5 Å². The highest BCUT2D eigenvalue weighted by Crippen LogP contribution is 2.24. The van der Waals surface area contributed by atoms with Crippen LogP contribution >= 0.6 is 0 Å². The maximum atomic E-state index is 12.3. The van der Waals surface area contributed by atoms with E-state index in [0.717, 1.165) is 47.6 Å². The van der Waals surface area contributed by atoms with Crippen LogP contribution in [0.1, 0.15) is 37.0 Å². The zero-order chi connectivity index (χ0) is 20.9. The number of carbonyl (C=O) groups is 1. The van der Waals surface area contributed by atoms with Gasteiger partial charge < -0.3 is 9.64 Å². The van der Waals surface area contributed by atoms with Gasteiger partial charge in [0.15, 0.2) is 0 Å². The lowest BCUT2D eigenvalue weighted by Crippen LogP contribution is -2.24. The molecule has 1 aromatic carbocycles. The van der Waals surface area contributed by atoms with Gasteiger partial charge in [-0.1, -0.05) is 19.9 Å². The molecule has 0 spiro atoms. The highest BCUT2D eigenvalue weighted by molar-refractivity contribution is 5.94. The third kappa shape index (κ3) is 4.76. The number of nitrogens with zero attached hydrogens (tertiary/aromatic N) is 3. The molecular formula is C24H28N4O2. The molecule has 0 radical (unpaired) electrons. The van der Waals surface area contributed by atoms with Gasteiger partial charge in [-0.15, -0.1) is 0 Å². The number of hydrogen-bond donors (Lipinski definition) is 1. The molecule has 1 fully saturated rings. The summed E-state index contributed by atoms with van der Waals surface area (Å²) in [6, 6.07) is 13.5. The molecule has 1 saturated heterocycles. The van der Waals surface area contributed by atoms with Crippen LogP contribution < -0.4 is 10.2 Å². The van der Waals surface area contributed by atoms with E-state index in [9.17, 15) is 4.79 Å². The lowest BCUT2D eigenvalue weighted by molar-refractivity contribution is 0.0469. The molecule has 0 atom stereocenters. The number of esters is 1. The number of aromatic nitrogens is 2. The van der Waals surface area contributed by atoms with Crippen molar-refractivity contribution in [3.05, 3.63) is 54.2 Å². The summed E-state index contributed by atoms with van der Waals surface area (Å²) in [5.41, 5.74) is 3.22. The summed E-state index contributed by atoms with van der Waals surface area (Å²) in [5.74, 6) is 1.21. The Morgan fingerprint density at radius 1 is 1.13 bits per heavy atom. The summed E-state index contributed by atoms with van der Waals surface area (Å²) in [4.78, 5) is 24.0. The normalized spacial score (nSPS) is 13.9. The first-order valence-electron chi connectivity index (χ1n) is 10.6. The molecule has 1 N–H and O–H groups in total. The third-order valence-electron chi connectivity index (χ3n) is 5.26. The van der Waals surface area contributed by atoms with Crippen molar-refractivity contribution >= 4 is 22.7 Å². The molecule has 2 aromatic heterocycles. The van der Waals surface area contributed by atoms with Crippen molar-refractivity contribution in [1.29, 1.82) is 0 Å². The van der Waals surface area contributed by atoms with Crippen molar-refractivity contribution in [1.82, 2.24) is 15.3 Å². The Morgan fingerprint density at radius 3 is 2.70 bits per heavy atom. The average Bonchev–Trinajstić information content (AvgIpc) is 3.31. The minimum Gasteiger partial charge on any atom is -0.446 e. The predicted octanol–water partition coefficient (Wildman–Crippen LogP) is 4.26. The molecule has 6 heteroatoms. The molecule has 0 aliphatic carbocycles. The molecule has 3 heterocycles. The van der Waals surface area contributed by atoms with Crippen LogP contribution in [0, 0.1) is 5.92 Å². The minimum atomic E-state index is -0.334. The summed E-state index contributed by atoms with van der Waals surface area (Å²) in [5, 5.41) is 4.01. The SMILES string of the molecule is CC(C)CNCOC(=O)c1ccc2nc(-c3ccc(N4CCCC4)nc3)ccc2c1. The molecule has 0 bridgehead atoms. The van der Waals surface area contributed by atoms with E-state index in [0.29, 0.717) is 11.5 Å². The van der Waals surface area contributed by atoms with Gasteiger partial charge in [-0.2, -0.15) is 0 Å². The standard InChI is InChI=1S/C24H28N4O2/c1-17(2)14-25-16-30-24(29)19-6-9-21-18(13-19)5-8-22(27-21)20-7-10-23(26-15-20)28-11-3-4-12-28/h5-10,13,15,17,25H,3-4,11-12,14,16H2,1-2H3. The number of ether oxygens (including phenoxy) is 1. The number of anilines is 1. The monoisotopic (exact) mass is 404 g/mol. The largest absolute Gasteiger partial charge is 0.446 e. The first-order chi connectivity index (χ1) is 14.6. The maximum Gasteiger partial charge on any atom is 0.339 e. The molecule has 0 saturated carbocycles. The topological polar surface area (TPSA) is 67.3 Å². The van der Waals surface area contributed by atoms with E-state index in [1.165, 1.54) is 12.8 Å². The predicted molar refractivity (Wildman–Crippen MR) is 120 cm³/mol. The summed E-state index contributed by atoms with van der Waals surface area (Å²) in [6.07, 6.45) is 4.36. The van der Waals surface area contributed by atoms with E-state index in [2.05, 4.69) is 41.2 Å². The van der Waals surface area contributed by atoms with Crippen molar-refractivity contribution in [2.24, 2.45) is 5.92 Å². The minimum absolute atomic E-state index is 0.215. The van der Waals surface area contributed by atoms with Gasteiger partial charge >= 0.3 is 5.97 Å². The van der Waals surface area contributed by atoms with Crippen LogP contribution in [0.2, 0.25) is 0 Å². The van der Waals surface area contributed by atoms with Gasteiger partial charge in [0.2, 0.25) is 0 Å². The van der Waals surface area contributed by atoms with Crippen molar-refractivity contribution in [2.45, 2.75) is 26.7 Å². The Bertz CT molecular complexity index is 1010. The van der Waals surface area contributed by atoms with Crippen LogP contribution in [-0.4, -0.2) is 42.3 Å². The number of carbonyl (C=O) groups excluding carboxylic acids is 1. The van der Waals surface area contributed by atoms with Crippen LogP contribution in [0.5, 0.6) is 0 Å². The van der Waals surface area contributed by atoms with E-state index < -0.39 is 0 Å². The number of hydrogen-bond acceptors (Lipinski definition) is 6. The third-order valence-corrected chi connectivity index (χ3v) is 5.26. The summed E-state index contributed by atoms with van der Waals surface area (Å²) >= 11 is 0. The van der Waals surface area contributed by atoms with Crippen molar-refractivity contribution in [2.75, 3.05) is 31.3 Å². The lowest BCUT2D eigenvalue weighted by Gasteiger charge is -2.16. The lowest BCUT2D eigenvalue weighted by atomic mass is 10.1. The second kappa shape index (κ2) is 9.22. The Hall–Kier alpha value is -2.99. The zero-order valence-corrected chi connectivity index (χ0v) is 17.6. The molecule has 156 valence electrons. The summed E-state index contributed by atoms with van der Waals surface area (Å²) in [6.45, 7) is 7.41. The average molecular weight is 405 g/mol. The molecule has 3 aromatic rings. The molecule has 0 unspecified atom stereocenters. The number of pyridine rings is 2. The Labute approximate surface area is 177 Å². The Kier molecular flexibility index (Phi) is 6.23. The van der Waals surface area contributed by atoms with Gasteiger partial charge in [0.05, 0.1) is 16.8 Å². The summed E-state index contributed by atoms with van der Waals surface area (Å²) in [7, 11) is 0. The van der Waals surface area contributed by atoms with E-state index in [-0.39, 0.29) is 12.7 Å². The van der Waals surface area contributed by atoms with Crippen molar-refractivity contribution < 1.29 is 9.53 Å². The van der Waals surface area contributed by atoms with E-state index in [1.54, 1.807) is 6.07 Å². The fourth-order valence-corrected chi connectivity index (χ4v) is 3.63. The second-order valence-electron chi connectivity index (χ2n) is 8.13. The Morgan fingerprint density at radius 2 is 1.97 bits per heavy atom. The number of benzene rings is 1. The molecule has 6 nitrogen and oxygen atoms in total. The van der Waals surface area contributed by atoms with Crippen LogP contribution in [-0.2, 0) is 4.74 Å². The second-order valence-corrected chi connectivity index (χ2v) is 8.13. The Balaban J connectivity index is 1.45. The van der Waals surface area contributed by atoms with Crippen LogP contribution in [0.25, 0.3) is 22.2 Å². The van der Waals surface area contributed by atoms with Gasteiger partial charge in [-0.05, 0) is 55.2 Å². The van der Waals surface area contributed by atoms with Gasteiger partial charge in [-0.3, -0.25) is 5.32 Å². The van der Waals surface area contributed by atoms with Gasteiger partial charge in [0.1, 0.15) is 12.5 Å². The first kappa shape index (κ1) is 20.3. The maximum absolute atomic E-state index is 12.3. The number of fused-ring (bicyclic) bond motifs is 1. The van der Waals surface area contributed by atoms with Gasteiger partial charge in [0.25, 0.3) is 0 Å².